The maximum absolute atomic E-state index is 12.9. The van der Waals surface area contributed by atoms with Crippen molar-refractivity contribution in [3.63, 3.8) is 0 Å². The van der Waals surface area contributed by atoms with Crippen molar-refractivity contribution >= 4 is 17.5 Å². The summed E-state index contributed by atoms with van der Waals surface area (Å²) in [5.74, 6) is 0.617. The minimum Gasteiger partial charge on any atom is -0.443 e. The largest absolute Gasteiger partial charge is 0.443 e. The second kappa shape index (κ2) is 6.72. The number of carbonyl (C=O) groups excluding carboxylic acids is 1. The van der Waals surface area contributed by atoms with Gasteiger partial charge in [0, 0.05) is 24.7 Å². The van der Waals surface area contributed by atoms with Gasteiger partial charge < -0.3 is 15.1 Å². The minimum absolute atomic E-state index is 0.0750. The smallest absolute Gasteiger partial charge is 0.276 e. The van der Waals surface area contributed by atoms with Crippen molar-refractivity contribution in [3.05, 3.63) is 41.4 Å². The van der Waals surface area contributed by atoms with E-state index in [1.54, 1.807) is 6.07 Å². The molecule has 1 amide bonds. The first-order chi connectivity index (χ1) is 11.1. The number of hydrogen-bond donors (Lipinski definition) is 1. The van der Waals surface area contributed by atoms with Crippen LogP contribution in [0.3, 0.4) is 0 Å². The first-order valence-corrected chi connectivity index (χ1v) is 8.19. The fraction of sp³-hybridized carbons (Fsp3) is 0.412. The molecule has 1 fully saturated rings. The number of piperidine rings is 1. The van der Waals surface area contributed by atoms with Gasteiger partial charge in [-0.05, 0) is 37.8 Å². The highest BCUT2D eigenvalue weighted by molar-refractivity contribution is 6.33. The highest BCUT2D eigenvalue weighted by atomic mass is 35.5. The third kappa shape index (κ3) is 3.26. The van der Waals surface area contributed by atoms with E-state index in [-0.39, 0.29) is 11.9 Å². The molecular weight excluding hydrogens is 314 g/mol. The normalized spacial score (nSPS) is 19.6. The van der Waals surface area contributed by atoms with Gasteiger partial charge in [0.25, 0.3) is 5.91 Å². The first kappa shape index (κ1) is 16.0. The van der Waals surface area contributed by atoms with Gasteiger partial charge in [-0.3, -0.25) is 4.79 Å². The van der Waals surface area contributed by atoms with Crippen LogP contribution in [0.25, 0.3) is 11.3 Å². The summed E-state index contributed by atoms with van der Waals surface area (Å²) in [4.78, 5) is 18.8. The number of halogens is 1. The molecule has 0 unspecified atom stereocenters. The number of rotatable bonds is 3. The Kier molecular flexibility index (Phi) is 4.68. The fourth-order valence-electron chi connectivity index (χ4n) is 3.01. The minimum atomic E-state index is -0.126. The molecule has 0 radical (unpaired) electrons. The molecule has 1 saturated heterocycles. The standard InChI is InChI=1S/C17H20ClN3O2/c1-11(19)12-5-4-8-21(9-12)17(22)15-16(23-10-20-15)13-6-2-3-7-14(13)18/h2-3,6-7,10-12H,4-5,8-9,19H2,1H3/t11-,12-/m1/s1. The van der Waals surface area contributed by atoms with E-state index in [9.17, 15) is 4.79 Å². The summed E-state index contributed by atoms with van der Waals surface area (Å²) in [5, 5.41) is 0.533. The van der Waals surface area contributed by atoms with Gasteiger partial charge in [-0.1, -0.05) is 23.7 Å². The van der Waals surface area contributed by atoms with Crippen LogP contribution in [0.5, 0.6) is 0 Å². The van der Waals surface area contributed by atoms with Crippen molar-refractivity contribution in [3.8, 4) is 11.3 Å². The summed E-state index contributed by atoms with van der Waals surface area (Å²) in [5.41, 5.74) is 6.98. The van der Waals surface area contributed by atoms with E-state index in [1.165, 1.54) is 6.39 Å². The van der Waals surface area contributed by atoms with Gasteiger partial charge in [-0.25, -0.2) is 4.98 Å². The molecule has 2 heterocycles. The molecule has 1 aromatic heterocycles. The number of aromatic nitrogens is 1. The molecule has 0 spiro atoms. The van der Waals surface area contributed by atoms with E-state index < -0.39 is 0 Å². The van der Waals surface area contributed by atoms with Crippen LogP contribution in [0.15, 0.2) is 35.1 Å². The molecule has 0 aliphatic carbocycles. The van der Waals surface area contributed by atoms with Crippen molar-refractivity contribution < 1.29 is 9.21 Å². The number of likely N-dealkylation sites (tertiary alicyclic amines) is 1. The Morgan fingerprint density at radius 1 is 1.48 bits per heavy atom. The van der Waals surface area contributed by atoms with Gasteiger partial charge in [0.1, 0.15) is 0 Å². The van der Waals surface area contributed by atoms with E-state index in [2.05, 4.69) is 4.98 Å². The van der Waals surface area contributed by atoms with Crippen LogP contribution in [0.1, 0.15) is 30.3 Å². The molecule has 2 atom stereocenters. The number of nitrogens with two attached hydrogens (primary N) is 1. The summed E-state index contributed by atoms with van der Waals surface area (Å²) >= 11 is 6.21. The van der Waals surface area contributed by atoms with Crippen LogP contribution < -0.4 is 5.73 Å². The van der Waals surface area contributed by atoms with Crippen LogP contribution in [-0.2, 0) is 0 Å². The predicted molar refractivity (Wildman–Crippen MR) is 89.2 cm³/mol. The third-order valence-corrected chi connectivity index (χ3v) is 4.71. The number of hydrogen-bond acceptors (Lipinski definition) is 4. The van der Waals surface area contributed by atoms with Crippen LogP contribution in [0.2, 0.25) is 5.02 Å². The average molecular weight is 334 g/mol. The molecular formula is C17H20ClN3O2. The van der Waals surface area contributed by atoms with E-state index in [1.807, 2.05) is 30.0 Å². The van der Waals surface area contributed by atoms with Gasteiger partial charge in [0.2, 0.25) is 0 Å². The Morgan fingerprint density at radius 3 is 3.00 bits per heavy atom. The highest BCUT2D eigenvalue weighted by Gasteiger charge is 2.30. The lowest BCUT2D eigenvalue weighted by Gasteiger charge is -2.34. The molecule has 2 N–H and O–H groups in total. The Morgan fingerprint density at radius 2 is 2.26 bits per heavy atom. The zero-order chi connectivity index (χ0) is 16.4. The summed E-state index contributed by atoms with van der Waals surface area (Å²) < 4.78 is 5.45. The quantitative estimate of drug-likeness (QED) is 0.936. The van der Waals surface area contributed by atoms with Gasteiger partial charge in [0.15, 0.2) is 17.8 Å². The zero-order valence-electron chi connectivity index (χ0n) is 13.0. The summed E-state index contributed by atoms with van der Waals surface area (Å²) in [6, 6.07) is 7.35. The Labute approximate surface area is 140 Å². The zero-order valence-corrected chi connectivity index (χ0v) is 13.8. The summed E-state index contributed by atoms with van der Waals surface area (Å²) in [6.45, 7) is 3.37. The Bertz CT molecular complexity index is 699. The molecule has 2 aromatic rings. The highest BCUT2D eigenvalue weighted by Crippen LogP contribution is 2.31. The Balaban J connectivity index is 1.87. The van der Waals surface area contributed by atoms with Crippen molar-refractivity contribution in [1.82, 2.24) is 9.88 Å². The summed E-state index contributed by atoms with van der Waals surface area (Å²) in [7, 11) is 0. The maximum atomic E-state index is 12.9. The molecule has 122 valence electrons. The number of nitrogens with zero attached hydrogens (tertiary/aromatic N) is 2. The van der Waals surface area contributed by atoms with Crippen LogP contribution in [-0.4, -0.2) is 34.9 Å². The topological polar surface area (TPSA) is 72.4 Å². The van der Waals surface area contributed by atoms with Crippen molar-refractivity contribution in [1.29, 1.82) is 0 Å². The number of oxazole rings is 1. The number of carbonyl (C=O) groups is 1. The molecule has 0 saturated carbocycles. The second-order valence-corrected chi connectivity index (χ2v) is 6.43. The second-order valence-electron chi connectivity index (χ2n) is 6.02. The van der Waals surface area contributed by atoms with Crippen molar-refractivity contribution in [2.75, 3.05) is 13.1 Å². The maximum Gasteiger partial charge on any atom is 0.276 e. The van der Waals surface area contributed by atoms with Crippen molar-refractivity contribution in [2.45, 2.75) is 25.8 Å². The molecule has 23 heavy (non-hydrogen) atoms. The fourth-order valence-corrected chi connectivity index (χ4v) is 3.23. The molecule has 1 aliphatic rings. The van der Waals surface area contributed by atoms with E-state index in [4.69, 9.17) is 21.8 Å². The van der Waals surface area contributed by atoms with E-state index >= 15 is 0 Å². The molecule has 1 aliphatic heterocycles. The molecule has 6 heteroatoms. The van der Waals surface area contributed by atoms with Gasteiger partial charge in [0.05, 0.1) is 5.02 Å². The van der Waals surface area contributed by atoms with Crippen LogP contribution in [0.4, 0.5) is 0 Å². The first-order valence-electron chi connectivity index (χ1n) is 7.81. The van der Waals surface area contributed by atoms with Crippen LogP contribution >= 0.6 is 11.6 Å². The van der Waals surface area contributed by atoms with Gasteiger partial charge in [-0.15, -0.1) is 0 Å². The third-order valence-electron chi connectivity index (χ3n) is 4.38. The monoisotopic (exact) mass is 333 g/mol. The van der Waals surface area contributed by atoms with Crippen LogP contribution in [0, 0.1) is 5.92 Å². The number of amides is 1. The van der Waals surface area contributed by atoms with Gasteiger partial charge >= 0.3 is 0 Å². The Hall–Kier alpha value is -1.85. The average Bonchev–Trinajstić information content (AvgIpc) is 3.04. The predicted octanol–water partition coefficient (Wildman–Crippen LogP) is 3.19. The van der Waals surface area contributed by atoms with Crippen molar-refractivity contribution in [2.24, 2.45) is 11.7 Å². The molecule has 1 aromatic carbocycles. The number of benzene rings is 1. The van der Waals surface area contributed by atoms with E-state index in [0.717, 1.165) is 19.4 Å². The van der Waals surface area contributed by atoms with Gasteiger partial charge in [-0.2, -0.15) is 0 Å². The van der Waals surface area contributed by atoms with E-state index in [0.29, 0.717) is 34.5 Å². The molecule has 0 bridgehead atoms. The SMILES string of the molecule is C[C@@H](N)[C@@H]1CCCN(C(=O)c2ncoc2-c2ccccc2Cl)C1. The molecule has 5 nitrogen and oxygen atoms in total. The lowest BCUT2D eigenvalue weighted by atomic mass is 9.92. The summed E-state index contributed by atoms with van der Waals surface area (Å²) in [6.07, 6.45) is 3.30. The molecule has 3 rings (SSSR count). The lowest BCUT2D eigenvalue weighted by molar-refractivity contribution is 0.0656. The lowest BCUT2D eigenvalue weighted by Crippen LogP contribution is -2.45.